The Bertz CT molecular complexity index is 3690. The minimum Gasteiger partial charge on any atom is -0.310 e. The van der Waals surface area contributed by atoms with E-state index in [1.54, 1.807) is 12.1 Å². The molecule has 0 aliphatic rings. The molecule has 1 heterocycles. The van der Waals surface area contributed by atoms with Gasteiger partial charge in [0, 0.05) is 50.3 Å². The number of aromatic nitrogens is 1. The van der Waals surface area contributed by atoms with E-state index in [4.69, 9.17) is 0 Å². The molecule has 12 aromatic rings. The minimum atomic E-state index is -0.271. The van der Waals surface area contributed by atoms with Crippen LogP contribution in [0.5, 0.6) is 0 Å². The summed E-state index contributed by atoms with van der Waals surface area (Å²) in [5.41, 5.74) is 14.1. The highest BCUT2D eigenvalue weighted by atomic mass is 19.1. The summed E-state index contributed by atoms with van der Waals surface area (Å²) in [6.45, 7) is 0. The lowest BCUT2D eigenvalue weighted by Crippen LogP contribution is -2.11. The highest BCUT2D eigenvalue weighted by molar-refractivity contribution is 6.12. The molecule has 12 rings (SSSR count). The first-order chi connectivity index (χ1) is 32.6. The number of fused-ring (bicyclic) bond motifs is 5. The number of hydrogen-bond donors (Lipinski definition) is 0. The maximum Gasteiger partial charge on any atom is 0.123 e. The Hall–Kier alpha value is -8.73. The summed E-state index contributed by atoms with van der Waals surface area (Å²) in [7, 11) is 0. The molecule has 0 saturated heterocycles. The molecular weight excluding hydrogens is 806 g/mol. The fraction of sp³-hybridized carbons (Fsp3) is 0. The molecule has 3 nitrogen and oxygen atoms in total. The minimum absolute atomic E-state index is 0.271. The SMILES string of the molecule is Fc1ccc(N(c2ccc3c(c2)c2ccccc2n3-c2ccccc2)c2ccc(-c3ccc(N(c4ccc(-c5ccccc5)cc4)c4ccc5ccccc5c4)cc3)c3ccccc23)cc1. The third kappa shape index (κ3) is 6.93. The predicted octanol–water partition coefficient (Wildman–Crippen LogP) is 17.5. The summed E-state index contributed by atoms with van der Waals surface area (Å²) in [6, 6.07) is 89.1. The molecule has 0 bridgehead atoms. The molecule has 0 unspecified atom stereocenters. The Morgan fingerprint density at radius 1 is 0.303 bits per heavy atom. The highest BCUT2D eigenvalue weighted by Crippen LogP contribution is 2.45. The van der Waals surface area contributed by atoms with Gasteiger partial charge in [0.05, 0.1) is 16.7 Å². The lowest BCUT2D eigenvalue weighted by molar-refractivity contribution is 0.628. The van der Waals surface area contributed by atoms with Crippen molar-refractivity contribution < 1.29 is 4.39 Å². The van der Waals surface area contributed by atoms with Crippen LogP contribution in [0.25, 0.3) is 71.3 Å². The van der Waals surface area contributed by atoms with E-state index < -0.39 is 0 Å². The van der Waals surface area contributed by atoms with Crippen molar-refractivity contribution in [3.05, 3.63) is 261 Å². The van der Waals surface area contributed by atoms with Gasteiger partial charge in [0.15, 0.2) is 0 Å². The average Bonchev–Trinajstić information content (AvgIpc) is 3.72. The number of halogens is 1. The number of anilines is 6. The molecule has 66 heavy (non-hydrogen) atoms. The molecule has 312 valence electrons. The van der Waals surface area contributed by atoms with E-state index in [0.717, 1.165) is 78.1 Å². The third-order valence-electron chi connectivity index (χ3n) is 12.8. The van der Waals surface area contributed by atoms with Crippen LogP contribution in [-0.4, -0.2) is 4.57 Å². The van der Waals surface area contributed by atoms with Crippen LogP contribution >= 0.6 is 0 Å². The molecule has 0 radical (unpaired) electrons. The van der Waals surface area contributed by atoms with E-state index in [-0.39, 0.29) is 5.82 Å². The summed E-state index contributed by atoms with van der Waals surface area (Å²) >= 11 is 0. The quantitative estimate of drug-likeness (QED) is 0.143. The van der Waals surface area contributed by atoms with Crippen molar-refractivity contribution in [1.29, 1.82) is 0 Å². The zero-order chi connectivity index (χ0) is 44.0. The first kappa shape index (κ1) is 38.9. The van der Waals surface area contributed by atoms with Crippen molar-refractivity contribution in [3.8, 4) is 27.9 Å². The second-order valence-electron chi connectivity index (χ2n) is 16.7. The van der Waals surface area contributed by atoms with Crippen molar-refractivity contribution >= 4 is 77.5 Å². The van der Waals surface area contributed by atoms with Crippen LogP contribution in [0.3, 0.4) is 0 Å². The molecular formula is C62H42FN3. The van der Waals surface area contributed by atoms with Crippen LogP contribution in [0.4, 0.5) is 38.5 Å². The van der Waals surface area contributed by atoms with Gasteiger partial charge in [-0.3, -0.25) is 0 Å². The van der Waals surface area contributed by atoms with Crippen molar-refractivity contribution in [2.45, 2.75) is 0 Å². The molecule has 0 aliphatic carbocycles. The number of benzene rings is 11. The standard InChI is InChI=1S/C62H42FN3/c63-48-28-35-52(36-29-48)65(54-37-39-62-59(42-54)58-21-11-12-22-60(58)66(62)49-17-5-2-6-18-49)61-40-38-55(56-19-9-10-20-57(56)61)46-26-32-51(33-27-46)64(53-34-25-44-15-7-8-16-47(44)41-53)50-30-23-45(24-31-50)43-13-3-1-4-14-43/h1-42H. The van der Waals surface area contributed by atoms with Gasteiger partial charge in [-0.1, -0.05) is 152 Å². The van der Waals surface area contributed by atoms with Crippen LogP contribution in [0.1, 0.15) is 0 Å². The fourth-order valence-electron chi connectivity index (χ4n) is 9.69. The van der Waals surface area contributed by atoms with E-state index >= 15 is 0 Å². The molecule has 0 aliphatic heterocycles. The number of hydrogen-bond acceptors (Lipinski definition) is 2. The Labute approximate surface area is 383 Å². The first-order valence-electron chi connectivity index (χ1n) is 22.4. The molecule has 0 saturated carbocycles. The molecule has 0 amide bonds. The normalized spacial score (nSPS) is 11.4. The molecule has 0 N–H and O–H groups in total. The Balaban J connectivity index is 0.963. The molecule has 11 aromatic carbocycles. The Morgan fingerprint density at radius 3 is 1.56 bits per heavy atom. The molecule has 0 fully saturated rings. The average molecular weight is 848 g/mol. The molecule has 0 spiro atoms. The van der Waals surface area contributed by atoms with Crippen LogP contribution in [0.15, 0.2) is 255 Å². The summed E-state index contributed by atoms with van der Waals surface area (Å²) < 4.78 is 16.9. The number of rotatable bonds is 9. The maximum atomic E-state index is 14.6. The van der Waals surface area contributed by atoms with Gasteiger partial charge in [-0.25, -0.2) is 4.39 Å². The number of para-hydroxylation sites is 2. The van der Waals surface area contributed by atoms with Gasteiger partial charge in [-0.15, -0.1) is 0 Å². The van der Waals surface area contributed by atoms with Gasteiger partial charge in [0.2, 0.25) is 0 Å². The van der Waals surface area contributed by atoms with Gasteiger partial charge in [0.1, 0.15) is 5.82 Å². The molecule has 0 atom stereocenters. The van der Waals surface area contributed by atoms with Crippen molar-refractivity contribution in [1.82, 2.24) is 4.57 Å². The monoisotopic (exact) mass is 847 g/mol. The topological polar surface area (TPSA) is 11.4 Å². The van der Waals surface area contributed by atoms with Gasteiger partial charge < -0.3 is 14.4 Å². The zero-order valence-corrected chi connectivity index (χ0v) is 36.0. The lowest BCUT2D eigenvalue weighted by Gasteiger charge is -2.28. The smallest absolute Gasteiger partial charge is 0.123 e. The van der Waals surface area contributed by atoms with Gasteiger partial charge in [0.25, 0.3) is 0 Å². The van der Waals surface area contributed by atoms with Gasteiger partial charge in [-0.2, -0.15) is 0 Å². The summed E-state index contributed by atoms with van der Waals surface area (Å²) in [4.78, 5) is 4.59. The van der Waals surface area contributed by atoms with Crippen LogP contribution in [0.2, 0.25) is 0 Å². The predicted molar refractivity (Wildman–Crippen MR) is 276 cm³/mol. The summed E-state index contributed by atoms with van der Waals surface area (Å²) in [5, 5.41) is 6.93. The second-order valence-corrected chi connectivity index (χ2v) is 16.7. The van der Waals surface area contributed by atoms with E-state index in [9.17, 15) is 4.39 Å². The zero-order valence-electron chi connectivity index (χ0n) is 36.0. The number of nitrogens with zero attached hydrogens (tertiary/aromatic N) is 3. The molecule has 1 aromatic heterocycles. The third-order valence-corrected chi connectivity index (χ3v) is 12.8. The largest absolute Gasteiger partial charge is 0.310 e. The van der Waals surface area contributed by atoms with Gasteiger partial charge >= 0.3 is 0 Å². The van der Waals surface area contributed by atoms with E-state index in [0.29, 0.717) is 0 Å². The second kappa shape index (κ2) is 16.4. The summed E-state index contributed by atoms with van der Waals surface area (Å²) in [6.07, 6.45) is 0. The van der Waals surface area contributed by atoms with E-state index in [1.807, 2.05) is 12.1 Å². The van der Waals surface area contributed by atoms with Crippen LogP contribution in [0, 0.1) is 5.82 Å². The van der Waals surface area contributed by atoms with Crippen molar-refractivity contribution in [2.75, 3.05) is 9.80 Å². The van der Waals surface area contributed by atoms with E-state index in [2.05, 4.69) is 245 Å². The Morgan fingerprint density at radius 2 is 0.818 bits per heavy atom. The maximum absolute atomic E-state index is 14.6. The summed E-state index contributed by atoms with van der Waals surface area (Å²) in [5.74, 6) is -0.271. The van der Waals surface area contributed by atoms with E-state index in [1.165, 1.54) is 27.3 Å². The Kier molecular flexibility index (Phi) is 9.69. The van der Waals surface area contributed by atoms with Gasteiger partial charge in [-0.05, 0) is 142 Å². The lowest BCUT2D eigenvalue weighted by atomic mass is 9.96. The van der Waals surface area contributed by atoms with Crippen LogP contribution in [-0.2, 0) is 0 Å². The van der Waals surface area contributed by atoms with Crippen LogP contribution < -0.4 is 9.80 Å². The van der Waals surface area contributed by atoms with Crippen molar-refractivity contribution in [2.24, 2.45) is 0 Å². The first-order valence-corrected chi connectivity index (χ1v) is 22.4. The highest BCUT2D eigenvalue weighted by Gasteiger charge is 2.21. The van der Waals surface area contributed by atoms with Crippen molar-refractivity contribution in [3.63, 3.8) is 0 Å². The fourth-order valence-corrected chi connectivity index (χ4v) is 9.69. The molecule has 4 heteroatoms.